The molecule has 0 aliphatic heterocycles. The van der Waals surface area contributed by atoms with Crippen molar-refractivity contribution in [2.75, 3.05) is 12.4 Å². The van der Waals surface area contributed by atoms with Crippen molar-refractivity contribution in [2.24, 2.45) is 0 Å². The Balaban J connectivity index is 1.34. The number of thioether (sulfide) groups is 1. The maximum absolute atomic E-state index is 12.6. The number of carbonyl (C=O) groups excluding carboxylic acids is 3. The highest BCUT2D eigenvalue weighted by atomic mass is 32.2. The van der Waals surface area contributed by atoms with Gasteiger partial charge in [0.15, 0.2) is 12.4 Å². The van der Waals surface area contributed by atoms with Gasteiger partial charge in [0.05, 0.1) is 5.69 Å². The Kier molecular flexibility index (Phi) is 8.03. The third kappa shape index (κ3) is 6.64. The number of esters is 1. The maximum atomic E-state index is 12.6. The Morgan fingerprint density at radius 1 is 0.829 bits per heavy atom. The van der Waals surface area contributed by atoms with Crippen LogP contribution in [0, 0.1) is 0 Å². The van der Waals surface area contributed by atoms with E-state index in [1.807, 2.05) is 91.0 Å². The number of amides is 2. The first-order valence-electron chi connectivity index (χ1n) is 10.9. The Hall–Kier alpha value is -4.24. The van der Waals surface area contributed by atoms with Crippen molar-refractivity contribution in [1.82, 2.24) is 20.1 Å². The molecule has 1 aromatic heterocycles. The zero-order chi connectivity index (χ0) is 24.5. The summed E-state index contributed by atoms with van der Waals surface area (Å²) in [7, 11) is 0. The summed E-state index contributed by atoms with van der Waals surface area (Å²) in [5, 5.41) is 6.52. The van der Waals surface area contributed by atoms with Crippen LogP contribution in [0.3, 0.4) is 0 Å². The number of benzene rings is 3. The van der Waals surface area contributed by atoms with Crippen LogP contribution in [0.15, 0.2) is 95.9 Å². The molecular formula is C26H22N4O4S. The molecule has 3 aromatic carbocycles. The highest BCUT2D eigenvalue weighted by Gasteiger charge is 2.21. The summed E-state index contributed by atoms with van der Waals surface area (Å²) >= 11 is 1.51. The van der Waals surface area contributed by atoms with Gasteiger partial charge in [0.2, 0.25) is 5.91 Å². The molecule has 0 aliphatic rings. The second-order valence-electron chi connectivity index (χ2n) is 7.33. The van der Waals surface area contributed by atoms with Crippen molar-refractivity contribution in [3.63, 3.8) is 0 Å². The molecule has 4 rings (SSSR count). The minimum atomic E-state index is -0.862. The van der Waals surface area contributed by atoms with Gasteiger partial charge in [-0.15, -0.1) is 16.9 Å². The fraction of sp³-hybridized carbons (Fsp3) is 0.115. The lowest BCUT2D eigenvalue weighted by Gasteiger charge is -2.05. The topological polar surface area (TPSA) is 103 Å². The average molecular weight is 487 g/mol. The van der Waals surface area contributed by atoms with Gasteiger partial charge >= 0.3 is 5.97 Å². The van der Waals surface area contributed by atoms with E-state index in [0.717, 1.165) is 16.1 Å². The first kappa shape index (κ1) is 23.9. The van der Waals surface area contributed by atoms with Gasteiger partial charge in [-0.25, -0.2) is 14.5 Å². The van der Waals surface area contributed by atoms with E-state index in [4.69, 9.17) is 4.74 Å². The van der Waals surface area contributed by atoms with Crippen molar-refractivity contribution in [3.05, 3.63) is 96.8 Å². The van der Waals surface area contributed by atoms with E-state index in [0.29, 0.717) is 11.6 Å². The third-order valence-electron chi connectivity index (χ3n) is 4.78. The van der Waals surface area contributed by atoms with Crippen LogP contribution in [0.5, 0.6) is 0 Å². The molecule has 0 fully saturated rings. The van der Waals surface area contributed by atoms with Crippen LogP contribution in [0.25, 0.3) is 17.1 Å². The van der Waals surface area contributed by atoms with Gasteiger partial charge in [-0.1, -0.05) is 66.7 Å². The molecule has 9 heteroatoms. The van der Waals surface area contributed by atoms with Gasteiger partial charge in [0, 0.05) is 22.6 Å². The number of rotatable bonds is 9. The minimum Gasteiger partial charge on any atom is -0.450 e. The van der Waals surface area contributed by atoms with E-state index < -0.39 is 24.4 Å². The molecular weight excluding hydrogens is 464 g/mol. The second kappa shape index (κ2) is 11.8. The molecule has 0 bridgehead atoms. The molecule has 8 nitrogen and oxygen atoms in total. The van der Waals surface area contributed by atoms with Crippen LogP contribution >= 0.6 is 11.8 Å². The molecule has 0 atom stereocenters. The Morgan fingerprint density at radius 2 is 1.46 bits per heavy atom. The number of carbonyl (C=O) groups is 3. The van der Waals surface area contributed by atoms with Crippen molar-refractivity contribution in [3.8, 4) is 17.1 Å². The predicted octanol–water partition coefficient (Wildman–Crippen LogP) is 3.92. The van der Waals surface area contributed by atoms with E-state index in [-0.39, 0.29) is 12.2 Å². The van der Waals surface area contributed by atoms with Crippen LogP contribution in [0.1, 0.15) is 17.0 Å². The molecule has 2 amide bonds. The summed E-state index contributed by atoms with van der Waals surface area (Å²) in [5.41, 5.74) is 1.48. The van der Waals surface area contributed by atoms with Crippen molar-refractivity contribution in [2.45, 2.75) is 11.3 Å². The zero-order valence-corrected chi connectivity index (χ0v) is 19.5. The Labute approximate surface area is 206 Å². The van der Waals surface area contributed by atoms with Gasteiger partial charge in [-0.3, -0.25) is 14.9 Å². The number of hydrogen-bond donors (Lipinski definition) is 1. The SMILES string of the molecule is O=C(CCSc1ccccc1)NC(=O)COC(=O)c1nc(-c2ccccc2)n(-c2ccccc2)n1. The summed E-state index contributed by atoms with van der Waals surface area (Å²) in [6, 6.07) is 28.2. The number of imide groups is 1. The largest absolute Gasteiger partial charge is 0.450 e. The molecule has 35 heavy (non-hydrogen) atoms. The minimum absolute atomic E-state index is 0.155. The lowest BCUT2D eigenvalue weighted by molar-refractivity contribution is -0.132. The van der Waals surface area contributed by atoms with Crippen LogP contribution in [-0.2, 0) is 14.3 Å². The molecule has 1 heterocycles. The van der Waals surface area contributed by atoms with Crippen molar-refractivity contribution < 1.29 is 19.1 Å². The van der Waals surface area contributed by atoms with E-state index in [9.17, 15) is 14.4 Å². The van der Waals surface area contributed by atoms with Gasteiger partial charge in [0.25, 0.3) is 11.7 Å². The molecule has 176 valence electrons. The van der Waals surface area contributed by atoms with Gasteiger partial charge < -0.3 is 4.74 Å². The number of para-hydroxylation sites is 1. The van der Waals surface area contributed by atoms with E-state index >= 15 is 0 Å². The lowest BCUT2D eigenvalue weighted by Crippen LogP contribution is -2.34. The van der Waals surface area contributed by atoms with E-state index in [2.05, 4.69) is 15.4 Å². The highest BCUT2D eigenvalue weighted by molar-refractivity contribution is 7.99. The molecule has 4 aromatic rings. The number of hydrogen-bond acceptors (Lipinski definition) is 7. The third-order valence-corrected chi connectivity index (χ3v) is 5.79. The monoisotopic (exact) mass is 486 g/mol. The van der Waals surface area contributed by atoms with Gasteiger partial charge in [-0.05, 0) is 24.3 Å². The summed E-state index contributed by atoms with van der Waals surface area (Å²) in [6.07, 6.45) is 0.155. The number of ether oxygens (including phenoxy) is 1. The summed E-state index contributed by atoms with van der Waals surface area (Å²) in [4.78, 5) is 42.0. The predicted molar refractivity (Wildman–Crippen MR) is 132 cm³/mol. The van der Waals surface area contributed by atoms with Crippen LogP contribution in [-0.4, -0.2) is 44.9 Å². The van der Waals surface area contributed by atoms with Gasteiger partial charge in [0.1, 0.15) is 0 Å². The van der Waals surface area contributed by atoms with Crippen LogP contribution in [0.4, 0.5) is 0 Å². The first-order valence-corrected chi connectivity index (χ1v) is 11.8. The molecule has 0 saturated heterocycles. The number of nitrogens with zero attached hydrogens (tertiary/aromatic N) is 3. The molecule has 1 N–H and O–H groups in total. The van der Waals surface area contributed by atoms with Crippen LogP contribution < -0.4 is 5.32 Å². The fourth-order valence-electron chi connectivity index (χ4n) is 3.15. The number of aromatic nitrogens is 3. The van der Waals surface area contributed by atoms with E-state index in [1.165, 1.54) is 11.8 Å². The van der Waals surface area contributed by atoms with Crippen molar-refractivity contribution >= 4 is 29.5 Å². The quantitative estimate of drug-likeness (QED) is 0.283. The lowest BCUT2D eigenvalue weighted by atomic mass is 10.2. The Morgan fingerprint density at radius 3 is 2.14 bits per heavy atom. The average Bonchev–Trinajstić information content (AvgIpc) is 3.35. The molecule has 0 radical (unpaired) electrons. The molecule has 0 saturated carbocycles. The van der Waals surface area contributed by atoms with Crippen molar-refractivity contribution in [1.29, 1.82) is 0 Å². The Bertz CT molecular complexity index is 1240. The highest BCUT2D eigenvalue weighted by Crippen LogP contribution is 2.21. The number of nitrogens with one attached hydrogen (secondary N) is 1. The second-order valence-corrected chi connectivity index (χ2v) is 8.50. The zero-order valence-electron chi connectivity index (χ0n) is 18.7. The fourth-order valence-corrected chi connectivity index (χ4v) is 4.02. The maximum Gasteiger partial charge on any atom is 0.378 e. The smallest absolute Gasteiger partial charge is 0.378 e. The van der Waals surface area contributed by atoms with Gasteiger partial charge in [-0.2, -0.15) is 0 Å². The molecule has 0 unspecified atom stereocenters. The normalized spacial score (nSPS) is 10.5. The first-order chi connectivity index (χ1) is 17.1. The van der Waals surface area contributed by atoms with E-state index in [1.54, 1.807) is 4.68 Å². The standard InChI is InChI=1S/C26H22N4O4S/c31-22(16-17-35-21-14-8-3-9-15-21)27-23(32)18-34-26(33)24-28-25(19-10-4-1-5-11-19)30(29-24)20-12-6-2-7-13-20/h1-15H,16-18H2,(H,27,31,32). The molecule has 0 aliphatic carbocycles. The summed E-state index contributed by atoms with van der Waals surface area (Å²) < 4.78 is 6.60. The molecule has 0 spiro atoms. The summed E-state index contributed by atoms with van der Waals surface area (Å²) in [5.74, 6) is -1.22. The summed E-state index contributed by atoms with van der Waals surface area (Å²) in [6.45, 7) is -0.614. The van der Waals surface area contributed by atoms with Crippen LogP contribution in [0.2, 0.25) is 0 Å².